The van der Waals surface area contributed by atoms with Gasteiger partial charge in [-0.25, -0.2) is 8.42 Å². The Labute approximate surface area is 137 Å². The van der Waals surface area contributed by atoms with Crippen LogP contribution in [-0.2, 0) is 14.8 Å². The van der Waals surface area contributed by atoms with Gasteiger partial charge < -0.3 is 5.11 Å². The highest BCUT2D eigenvalue weighted by Gasteiger charge is 2.39. The molecule has 3 rings (SSSR count). The number of carboxylic acid groups (broad SMARTS) is 1. The highest BCUT2D eigenvalue weighted by molar-refractivity contribution is 7.89. The second-order valence-corrected chi connectivity index (χ2v) is 8.41. The Morgan fingerprint density at radius 1 is 1.00 bits per heavy atom. The van der Waals surface area contributed by atoms with Crippen molar-refractivity contribution in [3.63, 3.8) is 0 Å². The van der Waals surface area contributed by atoms with Gasteiger partial charge in [0.25, 0.3) is 0 Å². The molecule has 1 saturated heterocycles. The number of aliphatic carboxylic acids is 1. The van der Waals surface area contributed by atoms with Gasteiger partial charge in [-0.05, 0) is 49.3 Å². The minimum absolute atomic E-state index is 0.199. The van der Waals surface area contributed by atoms with Crippen molar-refractivity contribution in [2.45, 2.75) is 61.8 Å². The average Bonchev–Trinajstić information content (AvgIpc) is 3.07. The highest BCUT2D eigenvalue weighted by atomic mass is 32.2. The number of sulfonamides is 1. The molecule has 2 fully saturated rings. The van der Waals surface area contributed by atoms with Crippen LogP contribution in [-0.4, -0.2) is 36.4 Å². The first-order valence-electron chi connectivity index (χ1n) is 8.35. The van der Waals surface area contributed by atoms with Crippen LogP contribution < -0.4 is 0 Å². The summed E-state index contributed by atoms with van der Waals surface area (Å²) in [6.45, 7) is 0.281. The zero-order valence-corrected chi connectivity index (χ0v) is 14.0. The lowest BCUT2D eigenvalue weighted by atomic mass is 9.84. The van der Waals surface area contributed by atoms with E-state index >= 15 is 0 Å². The van der Waals surface area contributed by atoms with Crippen molar-refractivity contribution in [3.8, 4) is 0 Å². The SMILES string of the molecule is O=C(O)[C@@H]1CCCN1S(=O)(=O)c1ccc(C2CCCCC2)cc1. The molecule has 1 saturated carbocycles. The number of rotatable bonds is 4. The quantitative estimate of drug-likeness (QED) is 0.916. The van der Waals surface area contributed by atoms with E-state index in [-0.39, 0.29) is 11.4 Å². The lowest BCUT2D eigenvalue weighted by molar-refractivity contribution is -0.140. The summed E-state index contributed by atoms with van der Waals surface area (Å²) in [5.74, 6) is -0.538. The van der Waals surface area contributed by atoms with Crippen molar-refractivity contribution in [3.05, 3.63) is 29.8 Å². The van der Waals surface area contributed by atoms with Crippen molar-refractivity contribution >= 4 is 16.0 Å². The minimum Gasteiger partial charge on any atom is -0.480 e. The molecule has 23 heavy (non-hydrogen) atoms. The largest absolute Gasteiger partial charge is 0.480 e. The van der Waals surface area contributed by atoms with Gasteiger partial charge in [-0.15, -0.1) is 0 Å². The molecule has 1 aliphatic carbocycles. The molecular weight excluding hydrogens is 314 g/mol. The first-order valence-corrected chi connectivity index (χ1v) is 9.79. The molecule has 0 unspecified atom stereocenters. The molecule has 1 aliphatic heterocycles. The van der Waals surface area contributed by atoms with Gasteiger partial charge in [0.05, 0.1) is 4.90 Å². The van der Waals surface area contributed by atoms with Gasteiger partial charge >= 0.3 is 5.97 Å². The number of hydrogen-bond donors (Lipinski definition) is 1. The molecule has 0 amide bonds. The molecule has 1 atom stereocenters. The molecule has 126 valence electrons. The van der Waals surface area contributed by atoms with Gasteiger partial charge in [0.15, 0.2) is 0 Å². The smallest absolute Gasteiger partial charge is 0.322 e. The van der Waals surface area contributed by atoms with Gasteiger partial charge in [-0.1, -0.05) is 31.4 Å². The van der Waals surface area contributed by atoms with Crippen molar-refractivity contribution in [2.24, 2.45) is 0 Å². The normalized spacial score (nSPS) is 23.9. The second kappa shape index (κ2) is 6.61. The second-order valence-electron chi connectivity index (χ2n) is 6.52. The Morgan fingerprint density at radius 2 is 1.65 bits per heavy atom. The number of carboxylic acids is 1. The van der Waals surface area contributed by atoms with E-state index in [1.165, 1.54) is 37.7 Å². The summed E-state index contributed by atoms with van der Waals surface area (Å²) in [6.07, 6.45) is 7.07. The highest BCUT2D eigenvalue weighted by Crippen LogP contribution is 2.33. The summed E-state index contributed by atoms with van der Waals surface area (Å²) in [5.41, 5.74) is 1.19. The fourth-order valence-corrected chi connectivity index (χ4v) is 5.41. The molecule has 2 aliphatic rings. The molecule has 0 aromatic heterocycles. The summed E-state index contributed by atoms with van der Waals surface area (Å²) in [7, 11) is -3.73. The number of nitrogens with zero attached hydrogens (tertiary/aromatic N) is 1. The molecule has 0 radical (unpaired) electrons. The summed E-state index contributed by atoms with van der Waals surface area (Å²) in [4.78, 5) is 11.4. The van der Waals surface area contributed by atoms with Crippen molar-refractivity contribution in [2.75, 3.05) is 6.54 Å². The molecule has 1 heterocycles. The third-order valence-electron chi connectivity index (χ3n) is 5.05. The Morgan fingerprint density at radius 3 is 2.26 bits per heavy atom. The standard InChI is InChI=1S/C17H23NO4S/c19-17(20)16-7-4-12-18(16)23(21,22)15-10-8-14(9-11-15)13-5-2-1-3-6-13/h8-11,13,16H,1-7,12H2,(H,19,20)/t16-/m0/s1. The third-order valence-corrected chi connectivity index (χ3v) is 6.97. The van der Waals surface area contributed by atoms with Gasteiger partial charge in [0, 0.05) is 6.54 Å². The lowest BCUT2D eigenvalue weighted by Crippen LogP contribution is -2.40. The molecular formula is C17H23NO4S. The summed E-state index contributed by atoms with van der Waals surface area (Å²) >= 11 is 0. The Hall–Kier alpha value is -1.40. The van der Waals surface area contributed by atoms with Crippen molar-refractivity contribution in [1.82, 2.24) is 4.31 Å². The molecule has 1 aromatic carbocycles. The first kappa shape index (κ1) is 16.5. The number of hydrogen-bond acceptors (Lipinski definition) is 3. The van der Waals surface area contributed by atoms with Crippen molar-refractivity contribution in [1.29, 1.82) is 0 Å². The maximum absolute atomic E-state index is 12.7. The molecule has 1 aromatic rings. The lowest BCUT2D eigenvalue weighted by Gasteiger charge is -2.23. The molecule has 5 nitrogen and oxygen atoms in total. The molecule has 0 spiro atoms. The van der Waals surface area contributed by atoms with Crippen LogP contribution in [0, 0.1) is 0 Å². The number of carbonyl (C=O) groups is 1. The average molecular weight is 337 g/mol. The van der Waals surface area contributed by atoms with Gasteiger partial charge in [-0.2, -0.15) is 4.31 Å². The van der Waals surface area contributed by atoms with Crippen LogP contribution in [0.2, 0.25) is 0 Å². The molecule has 1 N–H and O–H groups in total. The predicted molar refractivity (Wildman–Crippen MR) is 86.8 cm³/mol. The first-order chi connectivity index (χ1) is 11.0. The fraction of sp³-hybridized carbons (Fsp3) is 0.588. The zero-order valence-electron chi connectivity index (χ0n) is 13.1. The van der Waals surface area contributed by atoms with E-state index in [1.54, 1.807) is 12.1 Å². The maximum atomic E-state index is 12.7. The summed E-state index contributed by atoms with van der Waals surface area (Å²) < 4.78 is 26.5. The Bertz CT molecular complexity index is 662. The van der Waals surface area contributed by atoms with Gasteiger partial charge in [0.2, 0.25) is 10.0 Å². The van der Waals surface area contributed by atoms with Gasteiger partial charge in [-0.3, -0.25) is 4.79 Å². The summed E-state index contributed by atoms with van der Waals surface area (Å²) in [6, 6.07) is 6.13. The van der Waals surface area contributed by atoms with Gasteiger partial charge in [0.1, 0.15) is 6.04 Å². The molecule has 0 bridgehead atoms. The van der Waals surface area contributed by atoms with Crippen LogP contribution in [0.4, 0.5) is 0 Å². The number of benzene rings is 1. The third kappa shape index (κ3) is 3.28. The van der Waals surface area contributed by atoms with E-state index in [2.05, 4.69) is 0 Å². The van der Waals surface area contributed by atoms with E-state index in [0.29, 0.717) is 18.8 Å². The van der Waals surface area contributed by atoms with Crippen LogP contribution >= 0.6 is 0 Å². The molecule has 6 heteroatoms. The van der Waals surface area contributed by atoms with E-state index in [0.717, 1.165) is 4.31 Å². The van der Waals surface area contributed by atoms with E-state index in [9.17, 15) is 18.3 Å². The van der Waals surface area contributed by atoms with E-state index in [1.807, 2.05) is 12.1 Å². The predicted octanol–water partition coefficient (Wildman–Crippen LogP) is 2.97. The zero-order chi connectivity index (χ0) is 16.4. The van der Waals surface area contributed by atoms with Crippen molar-refractivity contribution < 1.29 is 18.3 Å². The topological polar surface area (TPSA) is 74.7 Å². The van der Waals surface area contributed by atoms with Crippen LogP contribution in [0.1, 0.15) is 56.4 Å². The van der Waals surface area contributed by atoms with Crippen LogP contribution in [0.15, 0.2) is 29.2 Å². The van der Waals surface area contributed by atoms with E-state index < -0.39 is 22.0 Å². The van der Waals surface area contributed by atoms with E-state index in [4.69, 9.17) is 0 Å². The Kier molecular flexibility index (Phi) is 4.73. The van der Waals surface area contributed by atoms with Crippen LogP contribution in [0.5, 0.6) is 0 Å². The van der Waals surface area contributed by atoms with Crippen LogP contribution in [0.3, 0.4) is 0 Å². The minimum atomic E-state index is -3.73. The monoisotopic (exact) mass is 337 g/mol. The maximum Gasteiger partial charge on any atom is 0.322 e. The summed E-state index contributed by atoms with van der Waals surface area (Å²) in [5, 5.41) is 9.20. The van der Waals surface area contributed by atoms with Crippen LogP contribution in [0.25, 0.3) is 0 Å². The Balaban J connectivity index is 1.81. The fourth-order valence-electron chi connectivity index (χ4n) is 3.76.